The van der Waals surface area contributed by atoms with Crippen LogP contribution in [0.4, 0.5) is 0 Å². The summed E-state index contributed by atoms with van der Waals surface area (Å²) < 4.78 is 16.9. The number of aromatic amines is 1. The molecule has 0 amide bonds. The number of aromatic carboxylic acids is 1. The summed E-state index contributed by atoms with van der Waals surface area (Å²) in [6.07, 6.45) is 2.52. The van der Waals surface area contributed by atoms with Crippen molar-refractivity contribution in [3.8, 4) is 17.0 Å². The third-order valence-electron chi connectivity index (χ3n) is 5.05. The summed E-state index contributed by atoms with van der Waals surface area (Å²) in [7, 11) is 1.63. The predicted molar refractivity (Wildman–Crippen MR) is 114 cm³/mol. The van der Waals surface area contributed by atoms with Gasteiger partial charge in [0.25, 0.3) is 0 Å². The molecule has 2 aromatic rings. The van der Waals surface area contributed by atoms with Crippen LogP contribution >= 0.6 is 11.6 Å². The summed E-state index contributed by atoms with van der Waals surface area (Å²) in [5.41, 5.74) is 1.11. The maximum Gasteiger partial charge on any atom is 0.341 e. The number of carbonyl (C=O) groups is 1. The van der Waals surface area contributed by atoms with E-state index in [-0.39, 0.29) is 17.1 Å². The van der Waals surface area contributed by atoms with Crippen LogP contribution in [-0.4, -0.2) is 43.0 Å². The Morgan fingerprint density at radius 3 is 2.70 bits per heavy atom. The Bertz CT molecular complexity index is 984. The van der Waals surface area contributed by atoms with Gasteiger partial charge in [-0.25, -0.2) is 4.79 Å². The Balaban J connectivity index is 2.03. The maximum absolute atomic E-state index is 12.2. The van der Waals surface area contributed by atoms with E-state index in [4.69, 9.17) is 30.9 Å². The number of carboxylic acids is 1. The second kappa shape index (κ2) is 9.20. The summed E-state index contributed by atoms with van der Waals surface area (Å²) in [6.45, 7) is 5.91. The van der Waals surface area contributed by atoms with Gasteiger partial charge in [-0.2, -0.15) is 0 Å². The molecule has 1 aliphatic rings. The van der Waals surface area contributed by atoms with Crippen LogP contribution in [-0.2, 0) is 9.47 Å². The number of pyridine rings is 1. The maximum atomic E-state index is 12.2. The fourth-order valence-corrected chi connectivity index (χ4v) is 3.72. The van der Waals surface area contributed by atoms with E-state index >= 15 is 0 Å². The first-order valence-electron chi connectivity index (χ1n) is 9.75. The molecule has 0 saturated carbocycles. The largest absolute Gasteiger partial charge is 0.492 e. The molecule has 1 atom stereocenters. The van der Waals surface area contributed by atoms with Crippen molar-refractivity contribution in [2.24, 2.45) is 5.41 Å². The number of rotatable bonds is 8. The molecule has 0 aliphatic carbocycles. The van der Waals surface area contributed by atoms with E-state index < -0.39 is 11.4 Å². The van der Waals surface area contributed by atoms with E-state index in [2.05, 4.69) is 18.8 Å². The lowest BCUT2D eigenvalue weighted by molar-refractivity contribution is 0.0695. The molecule has 2 heterocycles. The van der Waals surface area contributed by atoms with Gasteiger partial charge < -0.3 is 24.3 Å². The average molecular weight is 436 g/mol. The number of nitrogens with one attached hydrogen (secondary N) is 1. The van der Waals surface area contributed by atoms with Crippen LogP contribution in [0.25, 0.3) is 11.3 Å². The van der Waals surface area contributed by atoms with Crippen molar-refractivity contribution in [3.63, 3.8) is 0 Å². The minimum atomic E-state index is -1.28. The van der Waals surface area contributed by atoms with E-state index in [0.29, 0.717) is 41.9 Å². The second-order valence-electron chi connectivity index (χ2n) is 8.16. The van der Waals surface area contributed by atoms with Crippen LogP contribution in [0.1, 0.15) is 48.7 Å². The highest BCUT2D eigenvalue weighted by molar-refractivity contribution is 6.32. The zero-order chi connectivity index (χ0) is 21.9. The molecule has 3 rings (SSSR count). The first-order valence-corrected chi connectivity index (χ1v) is 10.1. The molecule has 162 valence electrons. The van der Waals surface area contributed by atoms with Crippen molar-refractivity contribution < 1.29 is 24.1 Å². The van der Waals surface area contributed by atoms with Gasteiger partial charge in [-0.15, -0.1) is 0 Å². The molecule has 7 nitrogen and oxygen atoms in total. The van der Waals surface area contributed by atoms with Crippen LogP contribution in [0.3, 0.4) is 0 Å². The Hall–Kier alpha value is -2.35. The van der Waals surface area contributed by atoms with Gasteiger partial charge in [0.05, 0.1) is 24.3 Å². The minimum Gasteiger partial charge on any atom is -0.492 e. The van der Waals surface area contributed by atoms with Crippen molar-refractivity contribution >= 4 is 17.6 Å². The third-order valence-corrected chi connectivity index (χ3v) is 5.34. The van der Waals surface area contributed by atoms with Crippen LogP contribution in [0.2, 0.25) is 5.02 Å². The molecule has 0 radical (unpaired) electrons. The van der Waals surface area contributed by atoms with Crippen LogP contribution < -0.4 is 10.2 Å². The predicted octanol–water partition coefficient (Wildman–Crippen LogP) is 4.30. The van der Waals surface area contributed by atoms with Crippen LogP contribution in [0.5, 0.6) is 5.75 Å². The summed E-state index contributed by atoms with van der Waals surface area (Å²) in [4.78, 5) is 26.3. The van der Waals surface area contributed by atoms with Gasteiger partial charge in [-0.05, 0) is 29.5 Å². The van der Waals surface area contributed by atoms with Gasteiger partial charge >= 0.3 is 5.97 Å². The fraction of sp³-hybridized carbons (Fsp3) is 0.455. The smallest absolute Gasteiger partial charge is 0.341 e. The Morgan fingerprint density at radius 1 is 1.33 bits per heavy atom. The molecule has 1 aromatic carbocycles. The van der Waals surface area contributed by atoms with Gasteiger partial charge in [0.15, 0.2) is 5.43 Å². The number of benzene rings is 1. The van der Waals surface area contributed by atoms with E-state index in [9.17, 15) is 9.59 Å². The van der Waals surface area contributed by atoms with Gasteiger partial charge in [0, 0.05) is 43.7 Å². The quantitative estimate of drug-likeness (QED) is 0.600. The summed E-state index contributed by atoms with van der Waals surface area (Å²) >= 11 is 6.47. The van der Waals surface area contributed by atoms with Crippen molar-refractivity contribution in [1.82, 2.24) is 4.98 Å². The number of hydrogen-bond acceptors (Lipinski definition) is 5. The first kappa shape index (κ1) is 22.3. The van der Waals surface area contributed by atoms with Crippen molar-refractivity contribution in [2.45, 2.75) is 32.8 Å². The molecule has 30 heavy (non-hydrogen) atoms. The Labute approximate surface area is 179 Å². The molecule has 1 aliphatic heterocycles. The molecule has 1 fully saturated rings. The van der Waals surface area contributed by atoms with Crippen LogP contribution in [0, 0.1) is 5.41 Å². The van der Waals surface area contributed by atoms with E-state index in [1.165, 1.54) is 12.3 Å². The zero-order valence-corrected chi connectivity index (χ0v) is 18.0. The average Bonchev–Trinajstić information content (AvgIpc) is 3.05. The second-order valence-corrected chi connectivity index (χ2v) is 8.57. The van der Waals surface area contributed by atoms with Gasteiger partial charge in [0.1, 0.15) is 11.3 Å². The lowest BCUT2D eigenvalue weighted by atomic mass is 9.87. The molecule has 8 heteroatoms. The van der Waals surface area contributed by atoms with E-state index in [0.717, 1.165) is 18.4 Å². The lowest BCUT2D eigenvalue weighted by Gasteiger charge is -2.19. The van der Waals surface area contributed by atoms with Gasteiger partial charge in [-0.1, -0.05) is 25.4 Å². The highest BCUT2D eigenvalue weighted by Gasteiger charge is 2.34. The Kier molecular flexibility index (Phi) is 6.85. The first-order chi connectivity index (χ1) is 14.2. The zero-order valence-electron chi connectivity index (χ0n) is 17.3. The number of hydrogen-bond donors (Lipinski definition) is 2. The molecule has 0 unspecified atom stereocenters. The van der Waals surface area contributed by atoms with E-state index in [1.54, 1.807) is 13.2 Å². The molecule has 1 aromatic heterocycles. The number of H-pyrrole nitrogens is 1. The number of halogens is 1. The number of ether oxygens (including phenoxy) is 3. The highest BCUT2D eigenvalue weighted by atomic mass is 35.5. The van der Waals surface area contributed by atoms with Crippen molar-refractivity contribution in [1.29, 1.82) is 0 Å². The monoisotopic (exact) mass is 435 g/mol. The molecule has 0 spiro atoms. The third kappa shape index (κ3) is 5.03. The number of aromatic nitrogens is 1. The number of carboxylic acid groups (broad SMARTS) is 1. The van der Waals surface area contributed by atoms with Crippen molar-refractivity contribution in [2.75, 3.05) is 26.9 Å². The molecule has 1 saturated heterocycles. The normalized spacial score (nSPS) is 17.8. The SMILES string of the molecule is COCCCOc1cc([C@@H]2CC(C)(C)CO2)c(-c2cc(=O)c(C(=O)O)c[nH]2)cc1Cl. The topological polar surface area (TPSA) is 97.8 Å². The molecule has 0 bridgehead atoms. The molecule has 2 N–H and O–H groups in total. The van der Waals surface area contributed by atoms with E-state index in [1.807, 2.05) is 6.07 Å². The van der Waals surface area contributed by atoms with Gasteiger partial charge in [-0.3, -0.25) is 4.79 Å². The highest BCUT2D eigenvalue weighted by Crippen LogP contribution is 2.45. The Morgan fingerprint density at radius 2 is 2.10 bits per heavy atom. The van der Waals surface area contributed by atoms with Crippen LogP contribution in [0.15, 0.2) is 29.2 Å². The van der Waals surface area contributed by atoms with Crippen molar-refractivity contribution in [3.05, 3.63) is 50.8 Å². The standard InChI is InChI=1S/C22H26ClNO6/c1-22(2)10-20(30-12-22)14-8-19(29-6-4-5-28-3)16(23)7-13(14)17-9-18(25)15(11-24-17)21(26)27/h7-9,11,20H,4-6,10,12H2,1-3H3,(H,24,25)(H,26,27)/t20-/m0/s1. The number of methoxy groups -OCH3 is 1. The lowest BCUT2D eigenvalue weighted by Crippen LogP contribution is -2.15. The fourth-order valence-electron chi connectivity index (χ4n) is 3.50. The molecular weight excluding hydrogens is 410 g/mol. The van der Waals surface area contributed by atoms with Gasteiger partial charge in [0.2, 0.25) is 0 Å². The summed E-state index contributed by atoms with van der Waals surface area (Å²) in [6, 6.07) is 4.85. The minimum absolute atomic E-state index is 0.0155. The molecular formula is C22H26ClNO6. The summed E-state index contributed by atoms with van der Waals surface area (Å²) in [5, 5.41) is 9.52. The summed E-state index contributed by atoms with van der Waals surface area (Å²) in [5.74, 6) is -0.744.